The molecule has 6 heavy (non-hydrogen) atoms. The van der Waals surface area contributed by atoms with Crippen LogP contribution in [0.25, 0.3) is 0 Å². The second-order valence-corrected chi connectivity index (χ2v) is 0.447. The molecule has 0 radical (unpaired) electrons. The summed E-state index contributed by atoms with van der Waals surface area (Å²) < 4.78 is 0. The molecular formula is C2H7ClFeO2. The molecule has 0 aromatic heterocycles. The number of rotatable bonds is 1. The fraction of sp³-hybridized carbons (Fsp3) is 1.00. The van der Waals surface area contributed by atoms with Gasteiger partial charge in [-0.1, -0.05) is 0 Å². The van der Waals surface area contributed by atoms with Crippen LogP contribution in [-0.2, 0) is 17.1 Å². The molecular weight excluding hydrogens is 147 g/mol. The minimum atomic E-state index is -0.125. The minimum absolute atomic E-state index is 0. The third-order valence-electron chi connectivity index (χ3n) is 0.1000. The van der Waals surface area contributed by atoms with E-state index < -0.39 is 0 Å². The Morgan fingerprint density at radius 2 is 1.17 bits per heavy atom. The van der Waals surface area contributed by atoms with Crippen LogP contribution in [0.4, 0.5) is 0 Å². The Labute approximate surface area is 53.4 Å². The van der Waals surface area contributed by atoms with Crippen molar-refractivity contribution in [1.82, 2.24) is 0 Å². The zero-order valence-corrected chi connectivity index (χ0v) is 4.99. The molecule has 0 atom stereocenters. The summed E-state index contributed by atoms with van der Waals surface area (Å²) in [5, 5.41) is 15.2. The molecule has 0 unspecified atom stereocenters. The zero-order valence-electron chi connectivity index (χ0n) is 3.07. The molecule has 0 aliphatic rings. The number of hydrogen-bond donors (Lipinski definition) is 2. The molecule has 4 heteroatoms. The molecule has 0 fully saturated rings. The van der Waals surface area contributed by atoms with Crippen molar-refractivity contribution in [2.75, 3.05) is 13.2 Å². The molecule has 2 N–H and O–H groups in total. The van der Waals surface area contributed by atoms with E-state index in [0.717, 1.165) is 0 Å². The normalized spacial score (nSPS) is 5.00. The summed E-state index contributed by atoms with van der Waals surface area (Å²) in [6.07, 6.45) is 0. The smallest absolute Gasteiger partial charge is 0.0662 e. The standard InChI is InChI=1S/C2H6O2.ClH.Fe/c3-1-2-4;;/h3-4H,1-2H2;1H;. The second-order valence-electron chi connectivity index (χ2n) is 0.447. The van der Waals surface area contributed by atoms with Crippen LogP contribution in [0.3, 0.4) is 0 Å². The average molecular weight is 154 g/mol. The van der Waals surface area contributed by atoms with E-state index in [1.165, 1.54) is 0 Å². The predicted molar refractivity (Wildman–Crippen MR) is 21.4 cm³/mol. The quantitative estimate of drug-likeness (QED) is 0.495. The Balaban J connectivity index is -0.0000000450. The molecule has 0 aliphatic heterocycles. The third-order valence-corrected chi connectivity index (χ3v) is 0.1000. The zero-order chi connectivity index (χ0) is 3.41. The van der Waals surface area contributed by atoms with E-state index >= 15 is 0 Å². The fourth-order valence-electron chi connectivity index (χ4n) is 0. The number of aliphatic hydroxyl groups excluding tert-OH is 2. The van der Waals surface area contributed by atoms with Crippen LogP contribution in [0, 0.1) is 0 Å². The molecule has 0 bridgehead atoms. The van der Waals surface area contributed by atoms with Gasteiger partial charge in [-0.05, 0) is 0 Å². The maximum atomic E-state index is 7.62. The van der Waals surface area contributed by atoms with E-state index in [2.05, 4.69) is 0 Å². The Morgan fingerprint density at radius 1 is 1.00 bits per heavy atom. The van der Waals surface area contributed by atoms with E-state index in [0.29, 0.717) is 0 Å². The summed E-state index contributed by atoms with van der Waals surface area (Å²) in [7, 11) is 0. The summed E-state index contributed by atoms with van der Waals surface area (Å²) in [5.74, 6) is 0. The fourth-order valence-corrected chi connectivity index (χ4v) is 0. The monoisotopic (exact) mass is 154 g/mol. The molecule has 0 aromatic carbocycles. The van der Waals surface area contributed by atoms with E-state index in [4.69, 9.17) is 10.2 Å². The van der Waals surface area contributed by atoms with Gasteiger partial charge in [0.25, 0.3) is 0 Å². The van der Waals surface area contributed by atoms with Crippen LogP contribution in [-0.4, -0.2) is 23.4 Å². The van der Waals surface area contributed by atoms with Gasteiger partial charge in [-0.2, -0.15) is 0 Å². The summed E-state index contributed by atoms with van der Waals surface area (Å²) in [6, 6.07) is 0. The van der Waals surface area contributed by atoms with E-state index in [-0.39, 0.29) is 42.7 Å². The van der Waals surface area contributed by atoms with Crippen molar-refractivity contribution in [2.45, 2.75) is 0 Å². The van der Waals surface area contributed by atoms with Gasteiger partial charge in [-0.25, -0.2) is 0 Å². The molecule has 0 rings (SSSR count). The summed E-state index contributed by atoms with van der Waals surface area (Å²) in [5.41, 5.74) is 0. The topological polar surface area (TPSA) is 40.5 Å². The number of hydrogen-bond acceptors (Lipinski definition) is 2. The van der Waals surface area contributed by atoms with Gasteiger partial charge in [0, 0.05) is 17.1 Å². The number of aliphatic hydroxyl groups is 2. The van der Waals surface area contributed by atoms with Crippen LogP contribution < -0.4 is 0 Å². The predicted octanol–water partition coefficient (Wildman–Crippen LogP) is -0.610. The van der Waals surface area contributed by atoms with Crippen LogP contribution in [0.2, 0.25) is 0 Å². The van der Waals surface area contributed by atoms with Crippen molar-refractivity contribution in [3.63, 3.8) is 0 Å². The Bertz CT molecular complexity index is 13.5. The van der Waals surface area contributed by atoms with Gasteiger partial charge in [0.1, 0.15) is 0 Å². The van der Waals surface area contributed by atoms with Crippen molar-refractivity contribution in [3.05, 3.63) is 0 Å². The molecule has 0 heterocycles. The van der Waals surface area contributed by atoms with Crippen molar-refractivity contribution >= 4 is 12.4 Å². The van der Waals surface area contributed by atoms with Crippen LogP contribution in [0.5, 0.6) is 0 Å². The summed E-state index contributed by atoms with van der Waals surface area (Å²) in [4.78, 5) is 0. The SMILES string of the molecule is Cl.OCCO.[Fe]. The van der Waals surface area contributed by atoms with E-state index in [9.17, 15) is 0 Å². The molecule has 2 nitrogen and oxygen atoms in total. The van der Waals surface area contributed by atoms with Gasteiger partial charge in [-0.3, -0.25) is 0 Å². The van der Waals surface area contributed by atoms with Crippen LogP contribution in [0.15, 0.2) is 0 Å². The molecule has 42 valence electrons. The largest absolute Gasteiger partial charge is 0.394 e. The Hall–Kier alpha value is 0.729. The van der Waals surface area contributed by atoms with Gasteiger partial charge >= 0.3 is 0 Å². The summed E-state index contributed by atoms with van der Waals surface area (Å²) >= 11 is 0. The molecule has 0 saturated carbocycles. The van der Waals surface area contributed by atoms with Gasteiger partial charge < -0.3 is 10.2 Å². The maximum Gasteiger partial charge on any atom is 0.0662 e. The average Bonchev–Trinajstić information content (AvgIpc) is 1.37. The second kappa shape index (κ2) is 17.2. The summed E-state index contributed by atoms with van der Waals surface area (Å²) in [6.45, 7) is -0.250. The van der Waals surface area contributed by atoms with E-state index in [1.54, 1.807) is 0 Å². The van der Waals surface area contributed by atoms with Crippen LogP contribution >= 0.6 is 12.4 Å². The van der Waals surface area contributed by atoms with Crippen molar-refractivity contribution in [1.29, 1.82) is 0 Å². The number of halogens is 1. The first kappa shape index (κ1) is 15.9. The molecule has 0 spiro atoms. The minimum Gasteiger partial charge on any atom is -0.394 e. The van der Waals surface area contributed by atoms with Crippen molar-refractivity contribution in [3.8, 4) is 0 Å². The molecule has 0 amide bonds. The first-order chi connectivity index (χ1) is 1.91. The first-order valence-corrected chi connectivity index (χ1v) is 1.13. The van der Waals surface area contributed by atoms with Gasteiger partial charge in [-0.15, -0.1) is 12.4 Å². The maximum absolute atomic E-state index is 7.62. The van der Waals surface area contributed by atoms with Crippen LogP contribution in [0.1, 0.15) is 0 Å². The molecule has 0 aromatic rings. The van der Waals surface area contributed by atoms with Crippen molar-refractivity contribution in [2.24, 2.45) is 0 Å². The third kappa shape index (κ3) is 22.0. The van der Waals surface area contributed by atoms with Gasteiger partial charge in [0.05, 0.1) is 13.2 Å². The van der Waals surface area contributed by atoms with Crippen molar-refractivity contribution < 1.29 is 27.3 Å². The Morgan fingerprint density at radius 3 is 1.17 bits per heavy atom. The molecule has 0 saturated heterocycles. The van der Waals surface area contributed by atoms with Gasteiger partial charge in [0.2, 0.25) is 0 Å². The first-order valence-electron chi connectivity index (χ1n) is 1.13. The molecule has 0 aliphatic carbocycles. The Kier molecular flexibility index (Phi) is 45.5. The van der Waals surface area contributed by atoms with Gasteiger partial charge in [0.15, 0.2) is 0 Å². The van der Waals surface area contributed by atoms with E-state index in [1.807, 2.05) is 0 Å².